The van der Waals surface area contributed by atoms with Crippen LogP contribution in [0.2, 0.25) is 0 Å². The van der Waals surface area contributed by atoms with E-state index in [0.717, 1.165) is 11.6 Å². The topological polar surface area (TPSA) is 18.5 Å². The fourth-order valence-corrected chi connectivity index (χ4v) is 0.690. The Morgan fingerprint density at radius 1 is 1.11 bits per heavy atom. The molecule has 3 heteroatoms. The van der Waals surface area contributed by atoms with Crippen molar-refractivity contribution >= 4 is 0 Å². The van der Waals surface area contributed by atoms with Crippen LogP contribution in [-0.2, 0) is 0 Å². The van der Waals surface area contributed by atoms with Crippen LogP contribution in [0.4, 0.5) is 0 Å². The molecule has 1 aliphatic heterocycles. The Hall–Kier alpha value is -1.12. The zero-order chi connectivity index (χ0) is 7.02. The minimum Gasteiger partial charge on any atom is -0.327 e. The van der Waals surface area contributed by atoms with E-state index in [0.29, 0.717) is 0 Å². The second-order valence-corrected chi connectivity index (χ2v) is 2.07. The normalized spacial score (nSPS) is 18.9. The Balaban J connectivity index is 2.77. The zero-order valence-corrected chi connectivity index (χ0v) is 5.81. The zero-order valence-electron chi connectivity index (χ0n) is 5.81. The van der Waals surface area contributed by atoms with Crippen LogP contribution < -0.4 is 5.32 Å². The quantitative estimate of drug-likeness (QED) is 0.502. The number of hydrogen-bond acceptors (Lipinski definition) is 3. The monoisotopic (exact) mass is 125 g/mol. The van der Waals surface area contributed by atoms with E-state index in [1.165, 1.54) is 0 Å². The number of hydrazine groups is 1. The van der Waals surface area contributed by atoms with Gasteiger partial charge in [0.15, 0.2) is 0 Å². The minimum absolute atomic E-state index is 0.863. The van der Waals surface area contributed by atoms with E-state index in [1.807, 2.05) is 24.1 Å². The molecule has 0 bridgehead atoms. The smallest absolute Gasteiger partial charge is 0.118 e. The van der Waals surface area contributed by atoms with Crippen molar-refractivity contribution in [3.63, 3.8) is 0 Å². The summed E-state index contributed by atoms with van der Waals surface area (Å²) in [4.78, 5) is 0. The summed E-state index contributed by atoms with van der Waals surface area (Å²) < 4.78 is 0. The van der Waals surface area contributed by atoms with Crippen molar-refractivity contribution in [2.75, 3.05) is 14.1 Å². The number of nitrogens with zero attached hydrogens (tertiary/aromatic N) is 2. The third-order valence-electron chi connectivity index (χ3n) is 1.52. The van der Waals surface area contributed by atoms with Crippen LogP contribution in [0.25, 0.3) is 0 Å². The van der Waals surface area contributed by atoms with Crippen LogP contribution >= 0.6 is 0 Å². The van der Waals surface area contributed by atoms with Crippen LogP contribution in [0.15, 0.2) is 24.8 Å². The second-order valence-electron chi connectivity index (χ2n) is 2.07. The van der Waals surface area contributed by atoms with Crippen molar-refractivity contribution in [2.24, 2.45) is 0 Å². The summed E-state index contributed by atoms with van der Waals surface area (Å²) >= 11 is 0. The average molecular weight is 125 g/mol. The highest BCUT2D eigenvalue weighted by molar-refractivity contribution is 5.08. The van der Waals surface area contributed by atoms with E-state index in [4.69, 9.17) is 0 Å². The summed E-state index contributed by atoms with van der Waals surface area (Å²) in [6.07, 6.45) is 0. The minimum atomic E-state index is 0.863. The molecule has 1 saturated heterocycles. The van der Waals surface area contributed by atoms with E-state index >= 15 is 0 Å². The van der Waals surface area contributed by atoms with Gasteiger partial charge in [-0.25, -0.2) is 0 Å². The summed E-state index contributed by atoms with van der Waals surface area (Å²) in [5.74, 6) is 1.73. The van der Waals surface area contributed by atoms with Crippen molar-refractivity contribution in [3.8, 4) is 0 Å². The highest BCUT2D eigenvalue weighted by Gasteiger charge is 2.17. The maximum absolute atomic E-state index is 3.75. The van der Waals surface area contributed by atoms with E-state index < -0.39 is 0 Å². The molecule has 1 aliphatic rings. The molecule has 0 radical (unpaired) electrons. The first-order chi connectivity index (χ1) is 4.13. The van der Waals surface area contributed by atoms with Crippen molar-refractivity contribution in [2.45, 2.75) is 0 Å². The van der Waals surface area contributed by atoms with Crippen LogP contribution in [0.5, 0.6) is 0 Å². The molecule has 1 heterocycles. The molecule has 0 amide bonds. The first-order valence-corrected chi connectivity index (χ1v) is 2.75. The van der Waals surface area contributed by atoms with Crippen molar-refractivity contribution in [1.82, 2.24) is 15.3 Å². The Bertz CT molecular complexity index is 144. The summed E-state index contributed by atoms with van der Waals surface area (Å²) in [5.41, 5.74) is 0. The predicted molar refractivity (Wildman–Crippen MR) is 36.9 cm³/mol. The summed E-state index contributed by atoms with van der Waals surface area (Å²) in [6, 6.07) is 0. The molecular weight excluding hydrogens is 114 g/mol. The Morgan fingerprint density at radius 2 is 1.44 bits per heavy atom. The van der Waals surface area contributed by atoms with E-state index in [9.17, 15) is 0 Å². The molecule has 3 nitrogen and oxygen atoms in total. The highest BCUT2D eigenvalue weighted by Crippen LogP contribution is 2.12. The SMILES string of the molecule is C=C1NC(=C)N(C)N1C. The number of nitrogens with one attached hydrogen (secondary N) is 1. The molecule has 0 spiro atoms. The van der Waals surface area contributed by atoms with Crippen LogP contribution in [0, 0.1) is 0 Å². The molecular formula is C6H11N3. The van der Waals surface area contributed by atoms with Gasteiger partial charge in [0, 0.05) is 14.1 Å². The van der Waals surface area contributed by atoms with Gasteiger partial charge in [-0.2, -0.15) is 0 Å². The molecule has 0 saturated carbocycles. The van der Waals surface area contributed by atoms with Gasteiger partial charge >= 0.3 is 0 Å². The lowest BCUT2D eigenvalue weighted by atomic mass is 10.7. The summed E-state index contributed by atoms with van der Waals surface area (Å²) in [5, 5.41) is 6.76. The van der Waals surface area contributed by atoms with Gasteiger partial charge in [-0.1, -0.05) is 13.2 Å². The summed E-state index contributed by atoms with van der Waals surface area (Å²) in [7, 11) is 3.85. The lowest BCUT2D eigenvalue weighted by molar-refractivity contribution is 0.146. The fourth-order valence-electron chi connectivity index (χ4n) is 0.690. The lowest BCUT2D eigenvalue weighted by Crippen LogP contribution is -2.26. The maximum atomic E-state index is 3.75. The van der Waals surface area contributed by atoms with Crippen LogP contribution in [0.3, 0.4) is 0 Å². The van der Waals surface area contributed by atoms with E-state index in [-0.39, 0.29) is 0 Å². The first-order valence-electron chi connectivity index (χ1n) is 2.75. The molecule has 1 N–H and O–H groups in total. The fraction of sp³-hybridized carbons (Fsp3) is 0.333. The number of hydrogen-bond donors (Lipinski definition) is 1. The van der Waals surface area contributed by atoms with E-state index in [1.54, 1.807) is 0 Å². The van der Waals surface area contributed by atoms with Crippen LogP contribution in [-0.4, -0.2) is 24.1 Å². The van der Waals surface area contributed by atoms with Gasteiger partial charge in [-0.05, 0) is 0 Å². The van der Waals surface area contributed by atoms with Gasteiger partial charge in [0.2, 0.25) is 0 Å². The number of rotatable bonds is 0. The molecule has 9 heavy (non-hydrogen) atoms. The molecule has 0 aromatic carbocycles. The Kier molecular flexibility index (Phi) is 1.12. The van der Waals surface area contributed by atoms with Crippen molar-refractivity contribution in [3.05, 3.63) is 24.8 Å². The standard InChI is InChI=1S/C6H11N3/c1-5-7-6(2)9(4)8(5)3/h7H,1-2H2,3-4H3. The van der Waals surface area contributed by atoms with Gasteiger partial charge in [0.05, 0.1) is 0 Å². The van der Waals surface area contributed by atoms with Crippen molar-refractivity contribution < 1.29 is 0 Å². The molecule has 1 rings (SSSR count). The summed E-state index contributed by atoms with van der Waals surface area (Å²) in [6.45, 7) is 7.50. The highest BCUT2D eigenvalue weighted by atomic mass is 15.7. The molecule has 0 aromatic heterocycles. The van der Waals surface area contributed by atoms with Gasteiger partial charge < -0.3 is 5.32 Å². The maximum Gasteiger partial charge on any atom is 0.118 e. The molecule has 50 valence electrons. The predicted octanol–water partition coefficient (Wildman–Crippen LogP) is 0.311. The van der Waals surface area contributed by atoms with Crippen LogP contribution in [0.1, 0.15) is 0 Å². The molecule has 0 unspecified atom stereocenters. The average Bonchev–Trinajstić information content (AvgIpc) is 1.98. The van der Waals surface area contributed by atoms with Gasteiger partial charge in [-0.3, -0.25) is 10.0 Å². The largest absolute Gasteiger partial charge is 0.327 e. The third-order valence-corrected chi connectivity index (χ3v) is 1.52. The first kappa shape index (κ1) is 6.01. The Morgan fingerprint density at radius 3 is 1.56 bits per heavy atom. The molecule has 0 aromatic rings. The third kappa shape index (κ3) is 0.740. The molecule has 1 fully saturated rings. The van der Waals surface area contributed by atoms with Crippen molar-refractivity contribution in [1.29, 1.82) is 0 Å². The Labute approximate surface area is 55.2 Å². The van der Waals surface area contributed by atoms with Gasteiger partial charge in [-0.15, -0.1) is 0 Å². The lowest BCUT2D eigenvalue weighted by Gasteiger charge is -2.20. The molecule has 0 atom stereocenters. The van der Waals surface area contributed by atoms with Gasteiger partial charge in [0.25, 0.3) is 0 Å². The molecule has 0 aliphatic carbocycles. The second kappa shape index (κ2) is 1.69. The van der Waals surface area contributed by atoms with E-state index in [2.05, 4.69) is 18.5 Å². The van der Waals surface area contributed by atoms with Gasteiger partial charge in [0.1, 0.15) is 11.6 Å².